The van der Waals surface area contributed by atoms with Crippen molar-refractivity contribution in [3.8, 4) is 0 Å². The highest BCUT2D eigenvalue weighted by Gasteiger charge is 2.21. The summed E-state index contributed by atoms with van der Waals surface area (Å²) in [5.74, 6) is 1.86. The van der Waals surface area contributed by atoms with E-state index in [2.05, 4.69) is 36.5 Å². The van der Waals surface area contributed by atoms with Crippen LogP contribution in [0.1, 0.15) is 87.8 Å². The lowest BCUT2D eigenvalue weighted by molar-refractivity contribution is 0.414. The Kier molecular flexibility index (Phi) is 5.35. The third-order valence-electron chi connectivity index (χ3n) is 5.70. The molecule has 2 aliphatic carbocycles. The van der Waals surface area contributed by atoms with Gasteiger partial charge in [-0.2, -0.15) is 0 Å². The van der Waals surface area contributed by atoms with Crippen LogP contribution in [0.2, 0.25) is 0 Å². The highest BCUT2D eigenvalue weighted by Crippen LogP contribution is 2.37. The topological polar surface area (TPSA) is 12.0 Å². The van der Waals surface area contributed by atoms with E-state index in [0.29, 0.717) is 6.04 Å². The largest absolute Gasteiger partial charge is 0.310 e. The van der Waals surface area contributed by atoms with Crippen molar-refractivity contribution < 1.29 is 0 Å². The summed E-state index contributed by atoms with van der Waals surface area (Å²) in [5, 5.41) is 3.70. The fraction of sp³-hybridized carbons (Fsp3) is 0.700. The van der Waals surface area contributed by atoms with Crippen molar-refractivity contribution in [3.63, 3.8) is 0 Å². The van der Waals surface area contributed by atoms with Crippen molar-refractivity contribution in [2.45, 2.75) is 76.7 Å². The Labute approximate surface area is 130 Å². The van der Waals surface area contributed by atoms with E-state index in [9.17, 15) is 0 Å². The molecule has 0 radical (unpaired) electrons. The second-order valence-electron chi connectivity index (χ2n) is 7.13. The molecule has 0 amide bonds. The summed E-state index contributed by atoms with van der Waals surface area (Å²) < 4.78 is 0. The number of nitrogens with one attached hydrogen (secondary N) is 1. The Morgan fingerprint density at radius 2 is 1.71 bits per heavy atom. The molecule has 0 bridgehead atoms. The lowest BCUT2D eigenvalue weighted by atomic mass is 9.79. The van der Waals surface area contributed by atoms with Gasteiger partial charge in [-0.3, -0.25) is 0 Å². The van der Waals surface area contributed by atoms with Gasteiger partial charge in [-0.05, 0) is 55.2 Å². The first-order valence-corrected chi connectivity index (χ1v) is 9.20. The maximum atomic E-state index is 3.70. The molecule has 2 aliphatic rings. The smallest absolute Gasteiger partial charge is 0.0320 e. The number of rotatable bonds is 7. The van der Waals surface area contributed by atoms with Gasteiger partial charge in [0.2, 0.25) is 0 Å². The fourth-order valence-electron chi connectivity index (χ4n) is 4.08. The van der Waals surface area contributed by atoms with Crippen molar-refractivity contribution >= 4 is 0 Å². The summed E-state index contributed by atoms with van der Waals surface area (Å²) >= 11 is 0. The van der Waals surface area contributed by atoms with Crippen LogP contribution in [0.25, 0.3) is 0 Å². The lowest BCUT2D eigenvalue weighted by Crippen LogP contribution is -2.21. The zero-order valence-corrected chi connectivity index (χ0v) is 13.6. The number of hydrogen-bond donors (Lipinski definition) is 1. The summed E-state index contributed by atoms with van der Waals surface area (Å²) in [6.07, 6.45) is 12.8. The van der Waals surface area contributed by atoms with Crippen molar-refractivity contribution in [3.05, 3.63) is 35.4 Å². The summed E-state index contributed by atoms with van der Waals surface area (Å²) in [4.78, 5) is 0. The molecule has 0 aromatic heterocycles. The van der Waals surface area contributed by atoms with E-state index in [-0.39, 0.29) is 0 Å². The first kappa shape index (κ1) is 15.1. The van der Waals surface area contributed by atoms with E-state index in [4.69, 9.17) is 0 Å². The molecule has 1 N–H and O–H groups in total. The third kappa shape index (κ3) is 3.88. The van der Waals surface area contributed by atoms with Gasteiger partial charge < -0.3 is 5.32 Å². The molecule has 2 fully saturated rings. The van der Waals surface area contributed by atoms with Gasteiger partial charge in [0.05, 0.1) is 0 Å². The highest BCUT2D eigenvalue weighted by molar-refractivity contribution is 5.28. The van der Waals surface area contributed by atoms with Gasteiger partial charge in [-0.25, -0.2) is 0 Å². The average Bonchev–Trinajstić information content (AvgIpc) is 2.96. The van der Waals surface area contributed by atoms with E-state index < -0.39 is 0 Å². The van der Waals surface area contributed by atoms with Crippen molar-refractivity contribution in [2.24, 2.45) is 5.92 Å². The molecule has 1 atom stereocenters. The maximum Gasteiger partial charge on any atom is 0.0320 e. The van der Waals surface area contributed by atoms with Gasteiger partial charge in [0.15, 0.2) is 0 Å². The molecule has 1 heteroatoms. The van der Waals surface area contributed by atoms with Gasteiger partial charge in [-0.15, -0.1) is 0 Å². The quantitative estimate of drug-likeness (QED) is 0.690. The SMILES string of the molecule is CCNC(CCC1CCCC1)c1ccc(C2CCC2)cc1. The first-order chi connectivity index (χ1) is 10.4. The van der Waals surface area contributed by atoms with Crippen LogP contribution in [0, 0.1) is 5.92 Å². The molecule has 3 rings (SSSR count). The minimum atomic E-state index is 0.561. The predicted octanol–water partition coefficient (Wildman–Crippen LogP) is 5.58. The Morgan fingerprint density at radius 3 is 2.29 bits per heavy atom. The molecule has 2 saturated carbocycles. The summed E-state index contributed by atoms with van der Waals surface area (Å²) in [6.45, 7) is 3.30. The first-order valence-electron chi connectivity index (χ1n) is 9.20. The third-order valence-corrected chi connectivity index (χ3v) is 5.70. The maximum absolute atomic E-state index is 3.70. The standard InChI is InChI=1S/C20H31N/c1-2-21-20(15-10-16-6-3-4-7-16)19-13-11-18(12-14-19)17-8-5-9-17/h11-14,16-17,20-21H,2-10,15H2,1H3. The minimum Gasteiger partial charge on any atom is -0.310 e. The Bertz CT molecular complexity index is 412. The monoisotopic (exact) mass is 285 g/mol. The Hall–Kier alpha value is -0.820. The summed E-state index contributed by atoms with van der Waals surface area (Å²) in [5.41, 5.74) is 3.06. The minimum absolute atomic E-state index is 0.561. The molecular weight excluding hydrogens is 254 g/mol. The normalized spacial score (nSPS) is 21.4. The van der Waals surface area contributed by atoms with Crippen LogP contribution in [0.5, 0.6) is 0 Å². The van der Waals surface area contributed by atoms with E-state index >= 15 is 0 Å². The molecule has 0 aliphatic heterocycles. The second kappa shape index (κ2) is 7.45. The molecule has 0 spiro atoms. The number of benzene rings is 1. The molecule has 1 nitrogen and oxygen atoms in total. The van der Waals surface area contributed by atoms with Crippen LogP contribution < -0.4 is 5.32 Å². The summed E-state index contributed by atoms with van der Waals surface area (Å²) in [6, 6.07) is 10.1. The Balaban J connectivity index is 1.58. The van der Waals surface area contributed by atoms with Crippen molar-refractivity contribution in [1.82, 2.24) is 5.32 Å². The van der Waals surface area contributed by atoms with Crippen LogP contribution in [-0.2, 0) is 0 Å². The summed E-state index contributed by atoms with van der Waals surface area (Å²) in [7, 11) is 0. The highest BCUT2D eigenvalue weighted by atomic mass is 14.9. The zero-order valence-electron chi connectivity index (χ0n) is 13.6. The van der Waals surface area contributed by atoms with Gasteiger partial charge in [0.1, 0.15) is 0 Å². The van der Waals surface area contributed by atoms with Gasteiger partial charge >= 0.3 is 0 Å². The van der Waals surface area contributed by atoms with E-state index in [1.807, 2.05) is 0 Å². The van der Waals surface area contributed by atoms with E-state index in [0.717, 1.165) is 18.4 Å². The average molecular weight is 285 g/mol. The van der Waals surface area contributed by atoms with Crippen LogP contribution in [-0.4, -0.2) is 6.54 Å². The zero-order chi connectivity index (χ0) is 14.5. The predicted molar refractivity (Wildman–Crippen MR) is 90.6 cm³/mol. The lowest BCUT2D eigenvalue weighted by Gasteiger charge is -2.26. The van der Waals surface area contributed by atoms with Crippen LogP contribution in [0.4, 0.5) is 0 Å². The van der Waals surface area contributed by atoms with Crippen molar-refractivity contribution in [1.29, 1.82) is 0 Å². The van der Waals surface area contributed by atoms with Gasteiger partial charge in [-0.1, -0.05) is 63.3 Å². The van der Waals surface area contributed by atoms with E-state index in [1.54, 1.807) is 5.56 Å². The fourth-order valence-corrected chi connectivity index (χ4v) is 4.08. The Morgan fingerprint density at radius 1 is 1.00 bits per heavy atom. The molecular formula is C20H31N. The van der Waals surface area contributed by atoms with Gasteiger partial charge in [0, 0.05) is 6.04 Å². The van der Waals surface area contributed by atoms with Crippen LogP contribution in [0.3, 0.4) is 0 Å². The van der Waals surface area contributed by atoms with E-state index in [1.165, 1.54) is 63.4 Å². The molecule has 1 aromatic rings. The molecule has 21 heavy (non-hydrogen) atoms. The molecule has 0 saturated heterocycles. The molecule has 0 heterocycles. The number of hydrogen-bond acceptors (Lipinski definition) is 1. The van der Waals surface area contributed by atoms with Gasteiger partial charge in [0.25, 0.3) is 0 Å². The van der Waals surface area contributed by atoms with Crippen molar-refractivity contribution in [2.75, 3.05) is 6.54 Å². The second-order valence-corrected chi connectivity index (χ2v) is 7.13. The molecule has 1 unspecified atom stereocenters. The van der Waals surface area contributed by atoms with Crippen LogP contribution in [0.15, 0.2) is 24.3 Å². The molecule has 1 aromatic carbocycles. The van der Waals surface area contributed by atoms with Crippen LogP contribution >= 0.6 is 0 Å². The molecule has 116 valence electrons.